The quantitative estimate of drug-likeness (QED) is 0.927. The van der Waals surface area contributed by atoms with Crippen LogP contribution in [-0.4, -0.2) is 41.6 Å². The lowest BCUT2D eigenvalue weighted by molar-refractivity contribution is 0.0603. The molecule has 20 heavy (non-hydrogen) atoms. The summed E-state index contributed by atoms with van der Waals surface area (Å²) in [6.45, 7) is 1.72. The Morgan fingerprint density at radius 1 is 1.40 bits per heavy atom. The largest absolute Gasteiger partial charge is 0.339 e. The van der Waals surface area contributed by atoms with Crippen molar-refractivity contribution in [3.05, 3.63) is 23.0 Å². The fourth-order valence-corrected chi connectivity index (χ4v) is 3.34. The molecule has 1 atom stereocenters. The number of aromatic nitrogens is 1. The second kappa shape index (κ2) is 5.78. The van der Waals surface area contributed by atoms with Gasteiger partial charge < -0.3 is 14.8 Å². The molecule has 1 aromatic rings. The first kappa shape index (κ1) is 14.0. The monoisotopic (exact) mass is 295 g/mol. The molecule has 1 N–H and O–H groups in total. The van der Waals surface area contributed by atoms with E-state index in [1.807, 2.05) is 24.2 Å². The average Bonchev–Trinajstić information content (AvgIpc) is 3.22. The lowest BCUT2D eigenvalue weighted by Crippen LogP contribution is -2.48. The fourth-order valence-electron chi connectivity index (χ4n) is 3.13. The van der Waals surface area contributed by atoms with Crippen molar-refractivity contribution < 1.29 is 4.79 Å². The lowest BCUT2D eigenvalue weighted by Gasteiger charge is -2.36. The summed E-state index contributed by atoms with van der Waals surface area (Å²) >= 11 is 6.11. The lowest BCUT2D eigenvalue weighted by atomic mass is 10.0. The van der Waals surface area contributed by atoms with Crippen LogP contribution in [0.4, 0.5) is 0 Å². The number of nitrogens with one attached hydrogen (secondary N) is 1. The average molecular weight is 296 g/mol. The minimum Gasteiger partial charge on any atom is -0.339 e. The Balaban J connectivity index is 1.83. The van der Waals surface area contributed by atoms with Crippen LogP contribution in [-0.2, 0) is 0 Å². The number of rotatable bonds is 4. The summed E-state index contributed by atoms with van der Waals surface area (Å²) in [5.74, 6) is 0.142. The molecule has 2 aliphatic rings. The third-order valence-electron chi connectivity index (χ3n) is 4.30. The van der Waals surface area contributed by atoms with Gasteiger partial charge in [0.15, 0.2) is 0 Å². The van der Waals surface area contributed by atoms with E-state index in [0.29, 0.717) is 17.1 Å². The van der Waals surface area contributed by atoms with Crippen molar-refractivity contribution in [2.75, 3.05) is 20.1 Å². The third kappa shape index (κ3) is 2.72. The van der Waals surface area contributed by atoms with Crippen molar-refractivity contribution >= 4 is 17.5 Å². The zero-order valence-corrected chi connectivity index (χ0v) is 12.7. The molecule has 2 fully saturated rings. The number of halogens is 1. The summed E-state index contributed by atoms with van der Waals surface area (Å²) in [7, 11) is 1.95. The molecule has 5 heteroatoms. The maximum absolute atomic E-state index is 12.9. The molecule has 0 radical (unpaired) electrons. The van der Waals surface area contributed by atoms with Crippen LogP contribution in [0.3, 0.4) is 0 Å². The van der Waals surface area contributed by atoms with E-state index in [-0.39, 0.29) is 5.91 Å². The molecule has 4 nitrogen and oxygen atoms in total. The molecule has 0 aromatic carbocycles. The predicted octanol–water partition coefficient (Wildman–Crippen LogP) is 2.69. The Hall–Kier alpha value is -1.00. The number of nitrogens with zero attached hydrogens (tertiary/aromatic N) is 2. The van der Waals surface area contributed by atoms with Gasteiger partial charge in [0.1, 0.15) is 5.69 Å². The number of likely N-dealkylation sites (N-methyl/N-ethyl adjacent to an activating group) is 1. The molecule has 0 bridgehead atoms. The summed E-state index contributed by atoms with van der Waals surface area (Å²) in [4.78, 5) is 14.9. The van der Waals surface area contributed by atoms with E-state index in [2.05, 4.69) is 9.88 Å². The number of likely N-dealkylation sites (tertiary alicyclic amines) is 1. The van der Waals surface area contributed by atoms with E-state index in [9.17, 15) is 4.79 Å². The van der Waals surface area contributed by atoms with Gasteiger partial charge in [0.05, 0.1) is 5.02 Å². The van der Waals surface area contributed by atoms with Crippen molar-refractivity contribution in [3.63, 3.8) is 0 Å². The maximum atomic E-state index is 12.9. The fraction of sp³-hybridized carbons (Fsp3) is 0.667. The molecule has 1 saturated carbocycles. The maximum Gasteiger partial charge on any atom is 0.270 e. The van der Waals surface area contributed by atoms with E-state index in [1.54, 1.807) is 0 Å². The van der Waals surface area contributed by atoms with Gasteiger partial charge in [-0.15, -0.1) is 0 Å². The number of hydrogen-bond acceptors (Lipinski definition) is 2. The van der Waals surface area contributed by atoms with Crippen LogP contribution >= 0.6 is 11.6 Å². The van der Waals surface area contributed by atoms with Gasteiger partial charge in [-0.2, -0.15) is 0 Å². The Labute approximate surface area is 125 Å². The molecule has 110 valence electrons. The summed E-state index contributed by atoms with van der Waals surface area (Å²) in [6, 6.07) is 2.62. The van der Waals surface area contributed by atoms with Gasteiger partial charge in [0, 0.05) is 31.4 Å². The van der Waals surface area contributed by atoms with E-state index >= 15 is 0 Å². The first-order valence-electron chi connectivity index (χ1n) is 7.53. The zero-order valence-electron chi connectivity index (χ0n) is 11.9. The molecule has 1 amide bonds. The minimum atomic E-state index is 0.142. The molecule has 1 aliphatic carbocycles. The van der Waals surface area contributed by atoms with Gasteiger partial charge in [0.2, 0.25) is 0 Å². The van der Waals surface area contributed by atoms with Gasteiger partial charge >= 0.3 is 0 Å². The van der Waals surface area contributed by atoms with E-state index in [1.165, 1.54) is 6.42 Å². The Morgan fingerprint density at radius 3 is 2.90 bits per heavy atom. The highest BCUT2D eigenvalue weighted by molar-refractivity contribution is 6.31. The smallest absolute Gasteiger partial charge is 0.270 e. The standard InChI is InChI=1S/C15H22ClN3O/c1-17-9-13-4-2-3-7-18(13)15(20)14-8-11(16)10-19(14)12-5-6-12/h8,10,12-13,17H,2-7,9H2,1H3. The molecular formula is C15H22ClN3O. The second-order valence-electron chi connectivity index (χ2n) is 5.89. The molecule has 1 aromatic heterocycles. The number of hydrogen-bond donors (Lipinski definition) is 1. The van der Waals surface area contributed by atoms with Crippen molar-refractivity contribution in [1.29, 1.82) is 0 Å². The molecule has 3 rings (SSSR count). The Kier molecular flexibility index (Phi) is 4.03. The van der Waals surface area contributed by atoms with E-state index in [4.69, 9.17) is 11.6 Å². The predicted molar refractivity (Wildman–Crippen MR) is 80.3 cm³/mol. The highest BCUT2D eigenvalue weighted by atomic mass is 35.5. The van der Waals surface area contributed by atoms with Crippen LogP contribution in [0.15, 0.2) is 12.3 Å². The number of piperidine rings is 1. The van der Waals surface area contributed by atoms with Crippen molar-refractivity contribution in [2.45, 2.75) is 44.2 Å². The van der Waals surface area contributed by atoms with E-state index < -0.39 is 0 Å². The van der Waals surface area contributed by atoms with Crippen LogP contribution < -0.4 is 5.32 Å². The Bertz CT molecular complexity index is 493. The van der Waals surface area contributed by atoms with Gasteiger partial charge in [-0.25, -0.2) is 0 Å². The van der Waals surface area contributed by atoms with Gasteiger partial charge in [-0.05, 0) is 45.2 Å². The number of amides is 1. The van der Waals surface area contributed by atoms with Gasteiger partial charge in [-0.3, -0.25) is 4.79 Å². The van der Waals surface area contributed by atoms with E-state index in [0.717, 1.165) is 44.5 Å². The highest BCUT2D eigenvalue weighted by Gasteiger charge is 2.32. The van der Waals surface area contributed by atoms with Crippen LogP contribution in [0, 0.1) is 0 Å². The summed E-state index contributed by atoms with van der Waals surface area (Å²) in [6.07, 6.45) is 7.62. The first-order valence-corrected chi connectivity index (χ1v) is 7.91. The zero-order chi connectivity index (χ0) is 14.1. The van der Waals surface area contributed by atoms with Crippen LogP contribution in [0.25, 0.3) is 0 Å². The Morgan fingerprint density at radius 2 is 2.20 bits per heavy atom. The number of carbonyl (C=O) groups excluding carboxylic acids is 1. The van der Waals surface area contributed by atoms with Crippen LogP contribution in [0.2, 0.25) is 5.02 Å². The molecule has 1 saturated heterocycles. The van der Waals surface area contributed by atoms with Crippen molar-refractivity contribution in [2.24, 2.45) is 0 Å². The van der Waals surface area contributed by atoms with Crippen LogP contribution in [0.1, 0.15) is 48.6 Å². The SMILES string of the molecule is CNCC1CCCCN1C(=O)c1cc(Cl)cn1C1CC1. The molecule has 2 heterocycles. The van der Waals surface area contributed by atoms with Gasteiger partial charge in [0.25, 0.3) is 5.91 Å². The summed E-state index contributed by atoms with van der Waals surface area (Å²) in [5, 5.41) is 3.87. The van der Waals surface area contributed by atoms with Crippen LogP contribution in [0.5, 0.6) is 0 Å². The third-order valence-corrected chi connectivity index (χ3v) is 4.51. The molecule has 1 unspecified atom stereocenters. The molecule has 1 aliphatic heterocycles. The van der Waals surface area contributed by atoms with Gasteiger partial charge in [-0.1, -0.05) is 11.6 Å². The molecular weight excluding hydrogens is 274 g/mol. The summed E-state index contributed by atoms with van der Waals surface area (Å²) < 4.78 is 2.08. The van der Waals surface area contributed by atoms with Crippen molar-refractivity contribution in [3.8, 4) is 0 Å². The number of carbonyl (C=O) groups is 1. The first-order chi connectivity index (χ1) is 9.70. The minimum absolute atomic E-state index is 0.142. The highest BCUT2D eigenvalue weighted by Crippen LogP contribution is 2.38. The molecule has 0 spiro atoms. The second-order valence-corrected chi connectivity index (χ2v) is 6.32. The van der Waals surface area contributed by atoms with Crippen molar-refractivity contribution in [1.82, 2.24) is 14.8 Å². The summed E-state index contributed by atoms with van der Waals surface area (Å²) in [5.41, 5.74) is 0.764. The normalized spacial score (nSPS) is 23.1. The topological polar surface area (TPSA) is 37.3 Å².